The third-order valence-corrected chi connectivity index (χ3v) is 2.62. The van der Waals surface area contributed by atoms with Gasteiger partial charge in [-0.2, -0.15) is 35.0 Å². The minimum atomic E-state index is 0.0446. The Labute approximate surface area is 125 Å². The highest BCUT2D eigenvalue weighted by atomic mass is 16.5. The van der Waals surface area contributed by atoms with Gasteiger partial charge in [0.15, 0.2) is 0 Å². The first kappa shape index (κ1) is 15.5. The molecule has 0 aliphatic heterocycles. The van der Waals surface area contributed by atoms with E-state index in [4.69, 9.17) is 22.9 Å². The lowest BCUT2D eigenvalue weighted by Crippen LogP contribution is -2.26. The third kappa shape index (κ3) is 4.60. The molecule has 0 aromatic carbocycles. The van der Waals surface area contributed by atoms with Crippen LogP contribution in [0.3, 0.4) is 0 Å². The molecule has 0 fully saturated rings. The van der Waals surface area contributed by atoms with Crippen molar-refractivity contribution in [2.45, 2.75) is 12.8 Å². The monoisotopic (exact) mass is 307 g/mol. The predicted octanol–water partition coefficient (Wildman–Crippen LogP) is -2.14. The van der Waals surface area contributed by atoms with Crippen LogP contribution in [-0.4, -0.2) is 53.3 Å². The molecule has 22 heavy (non-hydrogen) atoms. The van der Waals surface area contributed by atoms with Crippen LogP contribution >= 0.6 is 0 Å². The molecule has 2 heterocycles. The van der Waals surface area contributed by atoms with E-state index in [9.17, 15) is 5.21 Å². The van der Waals surface area contributed by atoms with E-state index in [0.717, 1.165) is 5.06 Å². The highest BCUT2D eigenvalue weighted by Gasteiger charge is 2.08. The molecule has 2 rings (SSSR count). The molecule has 0 amide bonds. The highest BCUT2D eigenvalue weighted by Crippen LogP contribution is 2.02. The smallest absolute Gasteiger partial charge is 0.225 e. The van der Waals surface area contributed by atoms with E-state index < -0.39 is 0 Å². The van der Waals surface area contributed by atoms with Gasteiger partial charge in [0, 0.05) is 25.9 Å². The Morgan fingerprint density at radius 2 is 0.955 bits per heavy atom. The van der Waals surface area contributed by atoms with Gasteiger partial charge in [-0.3, -0.25) is 0 Å². The first-order valence-corrected chi connectivity index (χ1v) is 6.38. The number of hydrogen-bond acceptors (Lipinski definition) is 12. The summed E-state index contributed by atoms with van der Waals surface area (Å²) in [4.78, 5) is 23.0. The van der Waals surface area contributed by atoms with Crippen LogP contribution in [0.15, 0.2) is 0 Å². The molecule has 0 saturated carbocycles. The average Bonchev–Trinajstić information content (AvgIpc) is 2.41. The zero-order valence-electron chi connectivity index (χ0n) is 11.7. The van der Waals surface area contributed by atoms with Crippen molar-refractivity contribution in [3.63, 3.8) is 0 Å². The lowest BCUT2D eigenvalue weighted by molar-refractivity contribution is -0.0892. The molecule has 12 nitrogen and oxygen atoms in total. The summed E-state index contributed by atoms with van der Waals surface area (Å²) >= 11 is 0. The van der Waals surface area contributed by atoms with E-state index in [-0.39, 0.29) is 36.9 Å². The van der Waals surface area contributed by atoms with Gasteiger partial charge in [0.2, 0.25) is 23.8 Å². The number of anilines is 4. The van der Waals surface area contributed by atoms with Crippen LogP contribution in [-0.2, 0) is 12.8 Å². The molecule has 12 heteroatoms. The summed E-state index contributed by atoms with van der Waals surface area (Å²) in [5.41, 5.74) is 21.9. The number of aromatic nitrogens is 6. The van der Waals surface area contributed by atoms with E-state index in [1.54, 1.807) is 0 Å². The molecule has 118 valence electrons. The van der Waals surface area contributed by atoms with Crippen molar-refractivity contribution in [3.05, 3.63) is 11.6 Å². The maximum atomic E-state index is 9.81. The van der Waals surface area contributed by atoms with E-state index in [1.807, 2.05) is 0 Å². The first-order chi connectivity index (χ1) is 10.4. The zero-order chi connectivity index (χ0) is 16.1. The summed E-state index contributed by atoms with van der Waals surface area (Å²) < 4.78 is 0. The normalized spacial score (nSPS) is 11.0. The number of nitrogen functional groups attached to an aromatic ring is 4. The van der Waals surface area contributed by atoms with Crippen LogP contribution in [0, 0.1) is 0 Å². The molecule has 0 spiro atoms. The Kier molecular flexibility index (Phi) is 4.75. The molecule has 0 aliphatic rings. The highest BCUT2D eigenvalue weighted by molar-refractivity contribution is 5.26. The minimum absolute atomic E-state index is 0.0446. The van der Waals surface area contributed by atoms with Gasteiger partial charge in [-0.25, -0.2) is 0 Å². The zero-order valence-corrected chi connectivity index (χ0v) is 11.7. The van der Waals surface area contributed by atoms with Gasteiger partial charge in [-0.1, -0.05) is 0 Å². The standard InChI is InChI=1S/C10H17N11O/c11-7-15-5(16-8(12)19-7)1-3-21(22)4-2-6-17-9(13)20-10(14)18-6/h22H,1-4H2,(H4,11,12,15,16,19)(H4,13,14,17,18,20). The number of hydroxylamine groups is 2. The van der Waals surface area contributed by atoms with Crippen molar-refractivity contribution < 1.29 is 5.21 Å². The van der Waals surface area contributed by atoms with Crippen molar-refractivity contribution in [1.29, 1.82) is 0 Å². The topological polar surface area (TPSA) is 205 Å². The number of nitrogens with zero attached hydrogens (tertiary/aromatic N) is 7. The average molecular weight is 307 g/mol. The van der Waals surface area contributed by atoms with E-state index in [1.165, 1.54) is 0 Å². The molecule has 9 N–H and O–H groups in total. The maximum Gasteiger partial charge on any atom is 0.225 e. The molecular weight excluding hydrogens is 290 g/mol. The molecule has 0 radical (unpaired) electrons. The van der Waals surface area contributed by atoms with Crippen LogP contribution in [0.25, 0.3) is 0 Å². The van der Waals surface area contributed by atoms with Gasteiger partial charge in [0.05, 0.1) is 0 Å². The van der Waals surface area contributed by atoms with E-state index in [2.05, 4.69) is 29.9 Å². The lowest BCUT2D eigenvalue weighted by atomic mass is 10.3. The molecule has 0 bridgehead atoms. The second-order valence-electron chi connectivity index (χ2n) is 4.39. The Morgan fingerprint density at radius 1 is 0.636 bits per heavy atom. The summed E-state index contributed by atoms with van der Waals surface area (Å²) in [5.74, 6) is 0.980. The van der Waals surface area contributed by atoms with Gasteiger partial charge in [-0.15, -0.1) is 0 Å². The largest absolute Gasteiger partial charge is 0.368 e. The van der Waals surface area contributed by atoms with E-state index >= 15 is 0 Å². The fraction of sp³-hybridized carbons (Fsp3) is 0.400. The van der Waals surface area contributed by atoms with Gasteiger partial charge in [-0.05, 0) is 0 Å². The van der Waals surface area contributed by atoms with Crippen LogP contribution in [0.4, 0.5) is 23.8 Å². The van der Waals surface area contributed by atoms with Gasteiger partial charge >= 0.3 is 0 Å². The third-order valence-electron chi connectivity index (χ3n) is 2.62. The molecule has 2 aromatic rings. The summed E-state index contributed by atoms with van der Waals surface area (Å²) in [5, 5.41) is 10.9. The van der Waals surface area contributed by atoms with Crippen LogP contribution < -0.4 is 22.9 Å². The van der Waals surface area contributed by atoms with Crippen molar-refractivity contribution in [3.8, 4) is 0 Å². The number of nitrogens with two attached hydrogens (primary N) is 4. The van der Waals surface area contributed by atoms with Crippen molar-refractivity contribution in [2.75, 3.05) is 36.0 Å². The Bertz CT molecular complexity index is 553. The quantitative estimate of drug-likeness (QED) is 0.362. The van der Waals surface area contributed by atoms with Crippen molar-refractivity contribution in [2.24, 2.45) is 0 Å². The summed E-state index contributed by atoms with van der Waals surface area (Å²) in [6.07, 6.45) is 0.712. The Morgan fingerprint density at radius 3 is 1.27 bits per heavy atom. The molecule has 0 unspecified atom stereocenters. The summed E-state index contributed by atoms with van der Waals surface area (Å²) in [6, 6.07) is 0. The lowest BCUT2D eigenvalue weighted by Gasteiger charge is -2.13. The number of hydrogen-bond donors (Lipinski definition) is 5. The Hall–Kier alpha value is -2.86. The second kappa shape index (κ2) is 6.73. The molecule has 0 atom stereocenters. The second-order valence-corrected chi connectivity index (χ2v) is 4.39. The SMILES string of the molecule is Nc1nc(N)nc(CCN(O)CCc2nc(N)nc(N)n2)n1. The number of rotatable bonds is 6. The Balaban J connectivity index is 1.83. The van der Waals surface area contributed by atoms with Crippen LogP contribution in [0.1, 0.15) is 11.6 Å². The molecule has 0 saturated heterocycles. The van der Waals surface area contributed by atoms with Crippen LogP contribution in [0.2, 0.25) is 0 Å². The summed E-state index contributed by atoms with van der Waals surface area (Å²) in [6.45, 7) is 0.553. The fourth-order valence-corrected chi connectivity index (χ4v) is 1.71. The van der Waals surface area contributed by atoms with Gasteiger partial charge < -0.3 is 28.1 Å². The summed E-state index contributed by atoms with van der Waals surface area (Å²) in [7, 11) is 0. The minimum Gasteiger partial charge on any atom is -0.368 e. The van der Waals surface area contributed by atoms with Gasteiger partial charge in [0.25, 0.3) is 0 Å². The first-order valence-electron chi connectivity index (χ1n) is 6.38. The fourth-order valence-electron chi connectivity index (χ4n) is 1.71. The predicted molar refractivity (Wildman–Crippen MR) is 78.1 cm³/mol. The molecular formula is C10H17N11O. The molecule has 0 aliphatic carbocycles. The maximum absolute atomic E-state index is 9.81. The van der Waals surface area contributed by atoms with Crippen LogP contribution in [0.5, 0.6) is 0 Å². The van der Waals surface area contributed by atoms with Crippen molar-refractivity contribution in [1.82, 2.24) is 35.0 Å². The van der Waals surface area contributed by atoms with Crippen molar-refractivity contribution >= 4 is 23.8 Å². The van der Waals surface area contributed by atoms with E-state index in [0.29, 0.717) is 24.5 Å². The molecule has 2 aromatic heterocycles. The van der Waals surface area contributed by atoms with Gasteiger partial charge in [0.1, 0.15) is 11.6 Å².